The number of aliphatic hydroxyl groups excluding tert-OH is 1. The van der Waals surface area contributed by atoms with Gasteiger partial charge in [-0.25, -0.2) is 0 Å². The fourth-order valence-electron chi connectivity index (χ4n) is 1.88. The number of ketones is 1. The number of hydrogen-bond acceptors (Lipinski definition) is 3. The molecule has 0 aliphatic heterocycles. The largest absolute Gasteiger partial charge is 0.507 e. The third kappa shape index (κ3) is 2.04. The molecule has 1 aliphatic carbocycles. The summed E-state index contributed by atoms with van der Waals surface area (Å²) in [5, 5.41) is 9.65. The number of carbonyl (C=O) groups is 1. The summed E-state index contributed by atoms with van der Waals surface area (Å²) in [6, 6.07) is 2.77. The van der Waals surface area contributed by atoms with Gasteiger partial charge in [0.2, 0.25) is 5.78 Å². The molecule has 1 N–H and O–H groups in total. The summed E-state index contributed by atoms with van der Waals surface area (Å²) in [6.07, 6.45) is -6.55. The van der Waals surface area contributed by atoms with E-state index in [2.05, 4.69) is 4.98 Å². The number of hydrogen-bond donors (Lipinski definition) is 1. The highest BCUT2D eigenvalue weighted by atomic mass is 19.4. The Morgan fingerprint density at radius 3 is 2.40 bits per heavy atom. The van der Waals surface area contributed by atoms with Crippen molar-refractivity contribution in [1.29, 1.82) is 0 Å². The van der Waals surface area contributed by atoms with Crippen LogP contribution in [0.3, 0.4) is 0 Å². The van der Waals surface area contributed by atoms with Crippen LogP contribution in [0.15, 0.2) is 17.7 Å². The summed E-state index contributed by atoms with van der Waals surface area (Å²) in [6.45, 7) is 1.58. The molecule has 20 heavy (non-hydrogen) atoms. The van der Waals surface area contributed by atoms with Gasteiger partial charge in [-0.05, 0) is 19.1 Å². The lowest BCUT2D eigenvalue weighted by molar-refractivity contribution is -0.266. The Morgan fingerprint density at radius 2 is 1.85 bits per heavy atom. The Morgan fingerprint density at radius 1 is 1.25 bits per heavy atom. The number of aliphatic hydroxyl groups is 1. The molecule has 2 rings (SSSR count). The molecular weight excluding hydrogens is 285 g/mol. The fraction of sp³-hybridized carbons (Fsp3) is 0.333. The zero-order valence-corrected chi connectivity index (χ0v) is 10.1. The Balaban J connectivity index is 2.42. The standard InChI is InChI=1S/C12H8F5NO2/c1-5-2-3-6-8(18-5)4-7(9(6)19)10(20)11(13,14)12(15,16)17/h2-3,19H,4H2,1H3. The summed E-state index contributed by atoms with van der Waals surface area (Å²) in [5.41, 5.74) is -0.381. The first-order chi connectivity index (χ1) is 9.05. The molecule has 0 spiro atoms. The quantitative estimate of drug-likeness (QED) is 0.853. The maximum Gasteiger partial charge on any atom is 0.461 e. The number of pyridine rings is 1. The fourth-order valence-corrected chi connectivity index (χ4v) is 1.88. The number of allylic oxidation sites excluding steroid dienone is 1. The van der Waals surface area contributed by atoms with Crippen LogP contribution in [-0.2, 0) is 11.2 Å². The third-order valence-electron chi connectivity index (χ3n) is 2.91. The zero-order valence-electron chi connectivity index (χ0n) is 10.1. The van der Waals surface area contributed by atoms with Gasteiger partial charge >= 0.3 is 12.1 Å². The molecule has 1 aliphatic rings. The highest BCUT2D eigenvalue weighted by Gasteiger charge is 2.64. The minimum Gasteiger partial charge on any atom is -0.507 e. The molecule has 0 radical (unpaired) electrons. The predicted octanol–water partition coefficient (Wildman–Crippen LogP) is 2.98. The van der Waals surface area contributed by atoms with Gasteiger partial charge in [-0.1, -0.05) is 0 Å². The number of alkyl halides is 5. The van der Waals surface area contributed by atoms with Crippen LogP contribution in [0.4, 0.5) is 22.0 Å². The van der Waals surface area contributed by atoms with Crippen LogP contribution in [0.5, 0.6) is 0 Å². The van der Waals surface area contributed by atoms with Crippen LogP contribution >= 0.6 is 0 Å². The molecule has 0 aromatic carbocycles. The predicted molar refractivity (Wildman–Crippen MR) is 58.2 cm³/mol. The first-order valence-corrected chi connectivity index (χ1v) is 5.44. The van der Waals surface area contributed by atoms with E-state index in [1.165, 1.54) is 12.1 Å². The van der Waals surface area contributed by atoms with Crippen molar-refractivity contribution in [3.05, 3.63) is 34.7 Å². The maximum absolute atomic E-state index is 13.0. The molecule has 3 nitrogen and oxygen atoms in total. The van der Waals surface area contributed by atoms with Crippen LogP contribution in [0.1, 0.15) is 17.0 Å². The molecule has 1 heterocycles. The lowest BCUT2D eigenvalue weighted by atomic mass is 10.0. The van der Waals surface area contributed by atoms with Gasteiger partial charge in [-0.3, -0.25) is 9.78 Å². The molecule has 0 amide bonds. The van der Waals surface area contributed by atoms with E-state index < -0.39 is 35.6 Å². The topological polar surface area (TPSA) is 50.2 Å². The van der Waals surface area contributed by atoms with E-state index in [-0.39, 0.29) is 11.3 Å². The van der Waals surface area contributed by atoms with E-state index in [9.17, 15) is 31.9 Å². The van der Waals surface area contributed by atoms with Gasteiger partial charge in [-0.2, -0.15) is 22.0 Å². The number of aromatic nitrogens is 1. The molecule has 0 fully saturated rings. The Kier molecular flexibility index (Phi) is 3.07. The van der Waals surface area contributed by atoms with Gasteiger partial charge in [0.25, 0.3) is 0 Å². The van der Waals surface area contributed by atoms with Crippen LogP contribution in [0.2, 0.25) is 0 Å². The molecule has 1 aromatic rings. The van der Waals surface area contributed by atoms with Crippen molar-refractivity contribution >= 4 is 11.5 Å². The second kappa shape index (κ2) is 4.26. The van der Waals surface area contributed by atoms with Crippen LogP contribution < -0.4 is 0 Å². The van der Waals surface area contributed by atoms with Crippen LogP contribution in [0, 0.1) is 6.92 Å². The number of halogens is 5. The molecule has 0 saturated heterocycles. The number of nitrogens with zero attached hydrogens (tertiary/aromatic N) is 1. The van der Waals surface area contributed by atoms with E-state index >= 15 is 0 Å². The lowest BCUT2D eigenvalue weighted by Crippen LogP contribution is -2.45. The minimum atomic E-state index is -6.00. The normalized spacial score (nSPS) is 15.5. The van der Waals surface area contributed by atoms with Gasteiger partial charge in [-0.15, -0.1) is 0 Å². The summed E-state index contributed by atoms with van der Waals surface area (Å²) in [7, 11) is 0. The molecule has 0 atom stereocenters. The second-order valence-electron chi connectivity index (χ2n) is 4.35. The Bertz CT molecular complexity index is 619. The van der Waals surface area contributed by atoms with Crippen molar-refractivity contribution in [2.24, 2.45) is 0 Å². The van der Waals surface area contributed by atoms with Crippen molar-refractivity contribution < 1.29 is 31.9 Å². The molecular formula is C12H8F5NO2. The van der Waals surface area contributed by atoms with Crippen LogP contribution in [0.25, 0.3) is 5.76 Å². The van der Waals surface area contributed by atoms with Crippen molar-refractivity contribution in [2.75, 3.05) is 0 Å². The van der Waals surface area contributed by atoms with Crippen molar-refractivity contribution in [1.82, 2.24) is 4.98 Å². The Hall–Kier alpha value is -1.99. The van der Waals surface area contributed by atoms with E-state index in [4.69, 9.17) is 0 Å². The van der Waals surface area contributed by atoms with E-state index in [0.717, 1.165) is 0 Å². The highest BCUT2D eigenvalue weighted by molar-refractivity contribution is 6.08. The monoisotopic (exact) mass is 293 g/mol. The SMILES string of the molecule is Cc1ccc2c(n1)CC(C(=O)C(F)(F)C(F)(F)F)=C2O. The van der Waals surface area contributed by atoms with E-state index in [0.29, 0.717) is 5.69 Å². The van der Waals surface area contributed by atoms with Gasteiger partial charge in [0.15, 0.2) is 0 Å². The average Bonchev–Trinajstić information content (AvgIpc) is 2.63. The zero-order chi connectivity index (χ0) is 15.3. The third-order valence-corrected chi connectivity index (χ3v) is 2.91. The summed E-state index contributed by atoms with van der Waals surface area (Å²) in [4.78, 5) is 15.3. The summed E-state index contributed by atoms with van der Waals surface area (Å²) in [5.74, 6) is -8.85. The molecule has 0 bridgehead atoms. The van der Waals surface area contributed by atoms with Gasteiger partial charge < -0.3 is 5.11 Å². The molecule has 1 aromatic heterocycles. The number of Topliss-reactive ketones (excluding diaryl/α,β-unsaturated/α-hetero) is 1. The van der Waals surface area contributed by atoms with Gasteiger partial charge in [0, 0.05) is 17.7 Å². The number of carbonyl (C=O) groups excluding carboxylic acids is 1. The molecule has 0 saturated carbocycles. The van der Waals surface area contributed by atoms with Crippen LogP contribution in [-0.4, -0.2) is 28.0 Å². The second-order valence-corrected chi connectivity index (χ2v) is 4.35. The van der Waals surface area contributed by atoms with Crippen molar-refractivity contribution in [3.8, 4) is 0 Å². The Labute approximate surface area is 109 Å². The number of aryl methyl sites for hydroxylation is 1. The first-order valence-electron chi connectivity index (χ1n) is 5.44. The van der Waals surface area contributed by atoms with E-state index in [1.54, 1.807) is 6.92 Å². The summed E-state index contributed by atoms with van der Waals surface area (Å²) < 4.78 is 62.5. The van der Waals surface area contributed by atoms with Crippen molar-refractivity contribution in [2.45, 2.75) is 25.4 Å². The average molecular weight is 293 g/mol. The molecule has 0 unspecified atom stereocenters. The highest BCUT2D eigenvalue weighted by Crippen LogP contribution is 2.41. The first kappa shape index (κ1) is 14.4. The molecule has 8 heteroatoms. The van der Waals surface area contributed by atoms with E-state index in [1.807, 2.05) is 0 Å². The van der Waals surface area contributed by atoms with Crippen molar-refractivity contribution in [3.63, 3.8) is 0 Å². The smallest absolute Gasteiger partial charge is 0.461 e. The number of fused-ring (bicyclic) bond motifs is 1. The van der Waals surface area contributed by atoms with Gasteiger partial charge in [0.1, 0.15) is 5.76 Å². The minimum absolute atomic E-state index is 0.00285. The lowest BCUT2D eigenvalue weighted by Gasteiger charge is -2.18. The maximum atomic E-state index is 13.0. The van der Waals surface area contributed by atoms with Gasteiger partial charge in [0.05, 0.1) is 11.3 Å². The molecule has 108 valence electrons. The number of rotatable bonds is 2. The summed E-state index contributed by atoms with van der Waals surface area (Å²) >= 11 is 0.